The molecule has 0 aliphatic rings. The number of carbonyl (C=O) groups excluding carboxylic acids is 3. The van der Waals surface area contributed by atoms with E-state index in [9.17, 15) is 14.4 Å². The summed E-state index contributed by atoms with van der Waals surface area (Å²) in [5.41, 5.74) is 0. The molecule has 0 bridgehead atoms. The lowest BCUT2D eigenvalue weighted by molar-refractivity contribution is -0.167. The fourth-order valence-electron chi connectivity index (χ4n) is 6.85. The quantitative estimate of drug-likeness (QED) is 0.0352. The molecule has 0 saturated carbocycles. The first-order valence-electron chi connectivity index (χ1n) is 23.1. The molecule has 0 aromatic rings. The van der Waals surface area contributed by atoms with Crippen LogP contribution in [0, 0.1) is 17.8 Å². The lowest BCUT2D eigenvalue weighted by Gasteiger charge is -2.18. The molecular weight excluding hydrogens is 661 g/mol. The van der Waals surface area contributed by atoms with E-state index in [-0.39, 0.29) is 31.1 Å². The summed E-state index contributed by atoms with van der Waals surface area (Å²) in [6.45, 7) is 13.6. The third-order valence-electron chi connectivity index (χ3n) is 10.8. The van der Waals surface area contributed by atoms with Crippen molar-refractivity contribution in [2.45, 2.75) is 253 Å². The van der Waals surface area contributed by atoms with Crippen LogP contribution < -0.4 is 0 Å². The minimum atomic E-state index is -0.762. The Bertz CT molecular complexity index is 824. The van der Waals surface area contributed by atoms with Crippen LogP contribution in [0.15, 0.2) is 0 Å². The molecule has 0 fully saturated rings. The van der Waals surface area contributed by atoms with Gasteiger partial charge in [-0.1, -0.05) is 208 Å². The second-order valence-corrected chi connectivity index (χ2v) is 17.2. The van der Waals surface area contributed by atoms with E-state index in [2.05, 4.69) is 41.5 Å². The second-order valence-electron chi connectivity index (χ2n) is 17.2. The van der Waals surface area contributed by atoms with Crippen molar-refractivity contribution >= 4 is 17.9 Å². The molecule has 6 heteroatoms. The number of hydrogen-bond donors (Lipinski definition) is 0. The van der Waals surface area contributed by atoms with Crippen molar-refractivity contribution in [2.75, 3.05) is 13.2 Å². The topological polar surface area (TPSA) is 78.9 Å². The average molecular weight is 751 g/mol. The van der Waals surface area contributed by atoms with Crippen LogP contribution in [0.5, 0.6) is 0 Å². The van der Waals surface area contributed by atoms with Crippen molar-refractivity contribution < 1.29 is 28.6 Å². The van der Waals surface area contributed by atoms with Crippen molar-refractivity contribution in [1.29, 1.82) is 0 Å². The molecule has 0 N–H and O–H groups in total. The molecule has 0 heterocycles. The molecule has 2 atom stereocenters. The third-order valence-corrected chi connectivity index (χ3v) is 10.8. The molecule has 6 nitrogen and oxygen atoms in total. The molecule has 0 aromatic carbocycles. The van der Waals surface area contributed by atoms with Crippen molar-refractivity contribution in [3.63, 3.8) is 0 Å². The van der Waals surface area contributed by atoms with E-state index in [0.29, 0.717) is 19.3 Å². The van der Waals surface area contributed by atoms with E-state index in [1.165, 1.54) is 128 Å². The van der Waals surface area contributed by atoms with Crippen LogP contribution in [0.1, 0.15) is 247 Å². The van der Waals surface area contributed by atoms with E-state index >= 15 is 0 Å². The van der Waals surface area contributed by atoms with Gasteiger partial charge in [0.1, 0.15) is 13.2 Å². The van der Waals surface area contributed by atoms with E-state index in [1.807, 2.05) is 0 Å². The first kappa shape index (κ1) is 51.4. The standard InChI is InChI=1S/C47H90O6/c1-7-43(6)35-29-23-17-10-8-9-11-19-26-32-38-47(50)53-44(40-52-46(49)37-31-25-20-14-16-22-28-34-42(4)5)39-51-45(48)36-30-24-18-13-12-15-21-27-33-41(2)3/h41-44H,7-40H2,1-6H3/t43?,44-/m0/s1. The normalized spacial score (nSPS) is 12.7. The van der Waals surface area contributed by atoms with Gasteiger partial charge in [0, 0.05) is 19.3 Å². The summed E-state index contributed by atoms with van der Waals surface area (Å²) >= 11 is 0. The summed E-state index contributed by atoms with van der Waals surface area (Å²) in [6, 6.07) is 0. The minimum Gasteiger partial charge on any atom is -0.462 e. The number of hydrogen-bond acceptors (Lipinski definition) is 6. The van der Waals surface area contributed by atoms with Gasteiger partial charge in [0.05, 0.1) is 0 Å². The van der Waals surface area contributed by atoms with Gasteiger partial charge in [-0.2, -0.15) is 0 Å². The van der Waals surface area contributed by atoms with Crippen molar-refractivity contribution in [1.82, 2.24) is 0 Å². The average Bonchev–Trinajstić information content (AvgIpc) is 3.12. The Balaban J connectivity index is 4.35. The van der Waals surface area contributed by atoms with Crippen molar-refractivity contribution in [2.24, 2.45) is 17.8 Å². The number of unbranched alkanes of at least 4 members (excludes halogenated alkanes) is 22. The van der Waals surface area contributed by atoms with Crippen LogP contribution in [0.3, 0.4) is 0 Å². The highest BCUT2D eigenvalue weighted by Crippen LogP contribution is 2.17. The fourth-order valence-corrected chi connectivity index (χ4v) is 6.85. The van der Waals surface area contributed by atoms with Crippen LogP contribution in [0.25, 0.3) is 0 Å². The Morgan fingerprint density at radius 2 is 0.660 bits per heavy atom. The van der Waals surface area contributed by atoms with Gasteiger partial charge in [0.25, 0.3) is 0 Å². The van der Waals surface area contributed by atoms with E-state index < -0.39 is 6.10 Å². The van der Waals surface area contributed by atoms with Crippen molar-refractivity contribution in [3.05, 3.63) is 0 Å². The van der Waals surface area contributed by atoms with Crippen LogP contribution >= 0.6 is 0 Å². The summed E-state index contributed by atoms with van der Waals surface area (Å²) in [6.07, 6.45) is 35.2. The van der Waals surface area contributed by atoms with Crippen LogP contribution in [0.4, 0.5) is 0 Å². The zero-order chi connectivity index (χ0) is 39.2. The number of rotatable bonds is 40. The second kappa shape index (κ2) is 38.7. The summed E-state index contributed by atoms with van der Waals surface area (Å²) in [5, 5.41) is 0. The lowest BCUT2D eigenvalue weighted by atomic mass is 9.99. The predicted octanol–water partition coefficient (Wildman–Crippen LogP) is 14.4. The summed E-state index contributed by atoms with van der Waals surface area (Å²) < 4.78 is 16.7. The zero-order valence-electron chi connectivity index (χ0n) is 36.3. The molecule has 1 unspecified atom stereocenters. The molecule has 0 spiro atoms. The number of esters is 3. The number of carbonyl (C=O) groups is 3. The van der Waals surface area contributed by atoms with Gasteiger partial charge in [0.15, 0.2) is 6.10 Å². The van der Waals surface area contributed by atoms with Crippen molar-refractivity contribution in [3.8, 4) is 0 Å². The van der Waals surface area contributed by atoms with Gasteiger partial charge in [-0.05, 0) is 37.0 Å². The molecule has 0 radical (unpaired) electrons. The minimum absolute atomic E-state index is 0.0668. The van der Waals surface area contributed by atoms with Gasteiger partial charge >= 0.3 is 17.9 Å². The zero-order valence-corrected chi connectivity index (χ0v) is 36.3. The Morgan fingerprint density at radius 1 is 0.377 bits per heavy atom. The van der Waals surface area contributed by atoms with Gasteiger partial charge < -0.3 is 14.2 Å². The monoisotopic (exact) mass is 751 g/mol. The van der Waals surface area contributed by atoms with E-state index in [1.54, 1.807) is 0 Å². The number of ether oxygens (including phenoxy) is 3. The third kappa shape index (κ3) is 39.9. The Kier molecular flexibility index (Phi) is 37.5. The maximum absolute atomic E-state index is 12.7. The fraction of sp³-hybridized carbons (Fsp3) is 0.936. The van der Waals surface area contributed by atoms with Gasteiger partial charge in [-0.15, -0.1) is 0 Å². The predicted molar refractivity (Wildman–Crippen MR) is 224 cm³/mol. The van der Waals surface area contributed by atoms with E-state index in [4.69, 9.17) is 14.2 Å². The summed E-state index contributed by atoms with van der Waals surface area (Å²) in [4.78, 5) is 37.7. The molecule has 0 rings (SSSR count). The highest BCUT2D eigenvalue weighted by molar-refractivity contribution is 5.71. The molecule has 0 amide bonds. The van der Waals surface area contributed by atoms with Crippen LogP contribution in [0.2, 0.25) is 0 Å². The SMILES string of the molecule is CCC(C)CCCCCCCCCCCCC(=O)O[C@@H](COC(=O)CCCCCCCCCCC(C)C)COC(=O)CCCCCCCCCC(C)C. The Hall–Kier alpha value is -1.59. The highest BCUT2D eigenvalue weighted by atomic mass is 16.6. The van der Waals surface area contributed by atoms with E-state index in [0.717, 1.165) is 75.5 Å². The lowest BCUT2D eigenvalue weighted by Crippen LogP contribution is -2.30. The molecule has 0 aromatic heterocycles. The molecule has 53 heavy (non-hydrogen) atoms. The smallest absolute Gasteiger partial charge is 0.306 e. The first-order chi connectivity index (χ1) is 25.6. The molecule has 314 valence electrons. The molecule has 0 saturated heterocycles. The van der Waals surface area contributed by atoms with Crippen LogP contribution in [-0.4, -0.2) is 37.2 Å². The van der Waals surface area contributed by atoms with Gasteiger partial charge in [-0.25, -0.2) is 0 Å². The van der Waals surface area contributed by atoms with Crippen LogP contribution in [-0.2, 0) is 28.6 Å². The maximum atomic E-state index is 12.7. The molecular formula is C47H90O6. The first-order valence-corrected chi connectivity index (χ1v) is 23.1. The highest BCUT2D eigenvalue weighted by Gasteiger charge is 2.19. The largest absolute Gasteiger partial charge is 0.462 e. The summed E-state index contributed by atoms with van der Waals surface area (Å²) in [7, 11) is 0. The Labute approximate surface area is 329 Å². The molecule has 0 aliphatic heterocycles. The Morgan fingerprint density at radius 3 is 0.981 bits per heavy atom. The summed E-state index contributed by atoms with van der Waals surface area (Å²) in [5.74, 6) is 1.58. The molecule has 0 aliphatic carbocycles. The van der Waals surface area contributed by atoms with Gasteiger partial charge in [-0.3, -0.25) is 14.4 Å². The van der Waals surface area contributed by atoms with Gasteiger partial charge in [0.2, 0.25) is 0 Å². The maximum Gasteiger partial charge on any atom is 0.306 e.